The number of carbonyl (C=O) groups excluding carboxylic acids is 1. The van der Waals surface area contributed by atoms with Crippen molar-refractivity contribution in [2.75, 3.05) is 6.67 Å². The molecule has 0 fully saturated rings. The van der Waals surface area contributed by atoms with Gasteiger partial charge in [0.15, 0.2) is 5.78 Å². The summed E-state index contributed by atoms with van der Waals surface area (Å²) in [5.41, 5.74) is 0. The van der Waals surface area contributed by atoms with Crippen LogP contribution >= 0.6 is 0 Å². The predicted octanol–water partition coefficient (Wildman–Crippen LogP) is -0.299. The molecule has 0 unspecified atom stereocenters. The van der Waals surface area contributed by atoms with Crippen molar-refractivity contribution in [3.05, 3.63) is 12.3 Å². The van der Waals surface area contributed by atoms with Crippen molar-refractivity contribution < 1.29 is 4.79 Å². The SMILES string of the molecule is O=C1C=CNCN=C1. The summed E-state index contributed by atoms with van der Waals surface area (Å²) in [5, 5.41) is 2.78. The van der Waals surface area contributed by atoms with E-state index in [4.69, 9.17) is 0 Å². The summed E-state index contributed by atoms with van der Waals surface area (Å²) in [4.78, 5) is 14.1. The third-order valence-electron chi connectivity index (χ3n) is 0.767. The molecule has 0 saturated heterocycles. The molecule has 0 bridgehead atoms. The fourth-order valence-electron chi connectivity index (χ4n) is 0.425. The first-order valence-corrected chi connectivity index (χ1v) is 2.33. The van der Waals surface area contributed by atoms with Crippen LogP contribution in [0, 0.1) is 0 Å². The smallest absolute Gasteiger partial charge is 0.197 e. The summed E-state index contributed by atoms with van der Waals surface area (Å²) in [6.07, 6.45) is 4.34. The van der Waals surface area contributed by atoms with Gasteiger partial charge >= 0.3 is 0 Å². The number of aliphatic imine (C=N–C) groups is 1. The lowest BCUT2D eigenvalue weighted by Crippen LogP contribution is -2.01. The second-order valence-electron chi connectivity index (χ2n) is 1.41. The van der Waals surface area contributed by atoms with E-state index in [0.29, 0.717) is 6.67 Å². The Kier molecular flexibility index (Phi) is 1.42. The van der Waals surface area contributed by atoms with Gasteiger partial charge in [-0.3, -0.25) is 9.79 Å². The lowest BCUT2D eigenvalue weighted by atomic mass is 10.4. The summed E-state index contributed by atoms with van der Waals surface area (Å²) in [6, 6.07) is 0. The van der Waals surface area contributed by atoms with Crippen LogP contribution in [0.3, 0.4) is 0 Å². The van der Waals surface area contributed by atoms with Crippen molar-refractivity contribution in [1.82, 2.24) is 5.32 Å². The standard InChI is InChI=1S/C5H6N2O/c8-5-1-2-6-4-7-3-5/h1-3,6H,4H2. The van der Waals surface area contributed by atoms with Crippen molar-refractivity contribution in [3.63, 3.8) is 0 Å². The average molecular weight is 110 g/mol. The second-order valence-corrected chi connectivity index (χ2v) is 1.41. The number of rotatable bonds is 0. The van der Waals surface area contributed by atoms with E-state index in [-0.39, 0.29) is 5.78 Å². The largest absolute Gasteiger partial charge is 0.372 e. The minimum Gasteiger partial charge on any atom is -0.372 e. The molecular formula is C5H6N2O. The third kappa shape index (κ3) is 1.18. The minimum atomic E-state index is -0.0602. The van der Waals surface area contributed by atoms with Crippen molar-refractivity contribution >= 4 is 12.0 Å². The fraction of sp³-hybridized carbons (Fsp3) is 0.200. The van der Waals surface area contributed by atoms with Crippen LogP contribution in [0.5, 0.6) is 0 Å². The molecule has 1 N–H and O–H groups in total. The Labute approximate surface area is 47.1 Å². The van der Waals surface area contributed by atoms with Crippen LogP contribution in [0.15, 0.2) is 17.3 Å². The monoisotopic (exact) mass is 110 g/mol. The van der Waals surface area contributed by atoms with Gasteiger partial charge in [0, 0.05) is 12.3 Å². The molecule has 1 aliphatic heterocycles. The van der Waals surface area contributed by atoms with Crippen molar-refractivity contribution in [3.8, 4) is 0 Å². The maximum Gasteiger partial charge on any atom is 0.197 e. The normalized spacial score (nSPS) is 17.8. The van der Waals surface area contributed by atoms with E-state index in [1.54, 1.807) is 6.20 Å². The zero-order chi connectivity index (χ0) is 5.82. The Hall–Kier alpha value is -1.12. The summed E-state index contributed by atoms with van der Waals surface area (Å²) >= 11 is 0. The van der Waals surface area contributed by atoms with Crippen molar-refractivity contribution in [1.29, 1.82) is 0 Å². The third-order valence-corrected chi connectivity index (χ3v) is 0.767. The first-order chi connectivity index (χ1) is 3.89. The maximum atomic E-state index is 10.4. The van der Waals surface area contributed by atoms with Crippen molar-refractivity contribution in [2.45, 2.75) is 0 Å². The van der Waals surface area contributed by atoms with E-state index < -0.39 is 0 Å². The Balaban J connectivity index is 2.64. The van der Waals surface area contributed by atoms with Gasteiger partial charge < -0.3 is 5.32 Å². The molecule has 8 heavy (non-hydrogen) atoms. The van der Waals surface area contributed by atoms with Crippen molar-refractivity contribution in [2.24, 2.45) is 4.99 Å². The highest BCUT2D eigenvalue weighted by molar-refractivity contribution is 6.32. The highest BCUT2D eigenvalue weighted by atomic mass is 16.1. The Bertz CT molecular complexity index is 133. The number of carbonyl (C=O) groups is 1. The van der Waals surface area contributed by atoms with Crippen LogP contribution in [0.2, 0.25) is 0 Å². The molecule has 0 aliphatic carbocycles. The van der Waals surface area contributed by atoms with E-state index in [9.17, 15) is 4.79 Å². The number of nitrogens with one attached hydrogen (secondary N) is 1. The van der Waals surface area contributed by atoms with Gasteiger partial charge in [0.1, 0.15) is 6.67 Å². The topological polar surface area (TPSA) is 41.5 Å². The summed E-state index contributed by atoms with van der Waals surface area (Å²) in [5.74, 6) is -0.0602. The average Bonchev–Trinajstić information content (AvgIpc) is 1.94. The zero-order valence-electron chi connectivity index (χ0n) is 4.29. The molecule has 0 saturated carbocycles. The number of hydrogen-bond acceptors (Lipinski definition) is 3. The summed E-state index contributed by atoms with van der Waals surface area (Å²) < 4.78 is 0. The first kappa shape index (κ1) is 5.03. The second kappa shape index (κ2) is 2.26. The van der Waals surface area contributed by atoms with Crippen LogP contribution in [-0.4, -0.2) is 18.7 Å². The highest BCUT2D eigenvalue weighted by Crippen LogP contribution is 1.76. The van der Waals surface area contributed by atoms with Crippen LogP contribution in [0.25, 0.3) is 0 Å². The molecule has 0 spiro atoms. The minimum absolute atomic E-state index is 0.0602. The van der Waals surface area contributed by atoms with E-state index in [1.165, 1.54) is 12.3 Å². The number of hydrogen-bond donors (Lipinski definition) is 1. The van der Waals surface area contributed by atoms with Gasteiger partial charge in [-0.1, -0.05) is 0 Å². The van der Waals surface area contributed by atoms with E-state index >= 15 is 0 Å². The molecule has 42 valence electrons. The van der Waals surface area contributed by atoms with Crippen LogP contribution in [0.4, 0.5) is 0 Å². The Morgan fingerprint density at radius 3 is 3.50 bits per heavy atom. The molecule has 0 atom stereocenters. The van der Waals surface area contributed by atoms with Gasteiger partial charge in [-0.2, -0.15) is 0 Å². The highest BCUT2D eigenvalue weighted by Gasteiger charge is 1.89. The first-order valence-electron chi connectivity index (χ1n) is 2.33. The Morgan fingerprint density at radius 1 is 1.75 bits per heavy atom. The van der Waals surface area contributed by atoms with Crippen LogP contribution < -0.4 is 5.32 Å². The number of nitrogens with zero attached hydrogens (tertiary/aromatic N) is 1. The number of ketones is 1. The predicted molar refractivity (Wildman–Crippen MR) is 30.6 cm³/mol. The van der Waals surface area contributed by atoms with E-state index in [2.05, 4.69) is 10.3 Å². The van der Waals surface area contributed by atoms with Gasteiger partial charge in [-0.15, -0.1) is 0 Å². The molecule has 0 aromatic rings. The zero-order valence-corrected chi connectivity index (χ0v) is 4.29. The molecule has 0 aromatic carbocycles. The van der Waals surface area contributed by atoms with Crippen LogP contribution in [0.1, 0.15) is 0 Å². The van der Waals surface area contributed by atoms with Gasteiger partial charge in [0.25, 0.3) is 0 Å². The van der Waals surface area contributed by atoms with E-state index in [1.807, 2.05) is 0 Å². The van der Waals surface area contributed by atoms with Gasteiger partial charge in [0.2, 0.25) is 0 Å². The Morgan fingerprint density at radius 2 is 2.62 bits per heavy atom. The van der Waals surface area contributed by atoms with Gasteiger partial charge in [0.05, 0.1) is 6.21 Å². The maximum absolute atomic E-state index is 10.4. The molecular weight excluding hydrogens is 104 g/mol. The quantitative estimate of drug-likeness (QED) is 0.465. The van der Waals surface area contributed by atoms with Gasteiger partial charge in [-0.25, -0.2) is 0 Å². The molecule has 3 nitrogen and oxygen atoms in total. The fourth-order valence-corrected chi connectivity index (χ4v) is 0.425. The molecule has 1 rings (SSSR count). The molecule has 0 amide bonds. The lowest BCUT2D eigenvalue weighted by Gasteiger charge is -1.84. The summed E-state index contributed by atoms with van der Waals surface area (Å²) in [6.45, 7) is 0.502. The lowest BCUT2D eigenvalue weighted by molar-refractivity contribution is -0.108. The number of allylic oxidation sites excluding steroid dienone is 1. The molecule has 1 aliphatic rings. The molecule has 0 radical (unpaired) electrons. The van der Waals surface area contributed by atoms with E-state index in [0.717, 1.165) is 0 Å². The molecule has 0 aromatic heterocycles. The van der Waals surface area contributed by atoms with Crippen LogP contribution in [-0.2, 0) is 4.79 Å². The molecule has 3 heteroatoms. The summed E-state index contributed by atoms with van der Waals surface area (Å²) in [7, 11) is 0. The van der Waals surface area contributed by atoms with Gasteiger partial charge in [-0.05, 0) is 0 Å². The molecule has 1 heterocycles.